The molecule has 2 atom stereocenters. The summed E-state index contributed by atoms with van der Waals surface area (Å²) in [6.07, 6.45) is 2.88. The van der Waals surface area contributed by atoms with E-state index >= 15 is 0 Å². The quantitative estimate of drug-likeness (QED) is 0.167. The van der Waals surface area contributed by atoms with Crippen LogP contribution < -0.4 is 0 Å². The molecule has 3 fully saturated rings. The molecule has 3 aliphatic carbocycles. The van der Waals surface area contributed by atoms with Crippen molar-refractivity contribution in [3.8, 4) is 68.1 Å². The van der Waals surface area contributed by atoms with Crippen LogP contribution in [0.25, 0.3) is 78.8 Å². The summed E-state index contributed by atoms with van der Waals surface area (Å²) in [7, 11) is 0. The first-order chi connectivity index (χ1) is 26.2. The van der Waals surface area contributed by atoms with Crippen molar-refractivity contribution in [2.75, 3.05) is 0 Å². The van der Waals surface area contributed by atoms with Crippen LogP contribution in [-0.4, -0.2) is 24.9 Å². The van der Waals surface area contributed by atoms with Gasteiger partial charge in [-0.2, -0.15) is 0 Å². The van der Waals surface area contributed by atoms with Gasteiger partial charge in [-0.15, -0.1) is 0 Å². The van der Waals surface area contributed by atoms with Crippen molar-refractivity contribution in [1.29, 1.82) is 0 Å². The topological polar surface area (TPSA) is 64.5 Å². The molecule has 252 valence electrons. The van der Waals surface area contributed by atoms with Crippen molar-refractivity contribution in [2.45, 2.75) is 18.8 Å². The van der Waals surface area contributed by atoms with E-state index in [-0.39, 0.29) is 0 Å². The third-order valence-corrected chi connectivity index (χ3v) is 12.1. The van der Waals surface area contributed by atoms with E-state index < -0.39 is 0 Å². The summed E-state index contributed by atoms with van der Waals surface area (Å²) < 4.78 is 0. The molecule has 2 aromatic heterocycles. The van der Waals surface area contributed by atoms with Gasteiger partial charge in [0.2, 0.25) is 0 Å². The van der Waals surface area contributed by atoms with Crippen LogP contribution in [-0.2, 0) is 0 Å². The van der Waals surface area contributed by atoms with E-state index in [9.17, 15) is 0 Å². The summed E-state index contributed by atoms with van der Waals surface area (Å²) in [6, 6.07) is 54.7. The lowest BCUT2D eigenvalue weighted by Crippen LogP contribution is -2.65. The Hall–Kier alpha value is -6.33. The van der Waals surface area contributed by atoms with E-state index in [4.69, 9.17) is 24.9 Å². The van der Waals surface area contributed by atoms with Crippen LogP contribution in [0, 0.1) is 23.7 Å². The Kier molecular flexibility index (Phi) is 6.94. The predicted octanol–water partition coefficient (Wildman–Crippen LogP) is 11.2. The maximum absolute atomic E-state index is 5.16. The molecule has 5 nitrogen and oxygen atoms in total. The first-order valence-electron chi connectivity index (χ1n) is 18.7. The molecule has 3 aliphatic rings. The average molecular weight is 682 g/mol. The molecule has 0 spiro atoms. The molecule has 2 unspecified atom stereocenters. The third kappa shape index (κ3) is 5.10. The lowest BCUT2D eigenvalue weighted by molar-refractivity contribution is -0.214. The number of benzene rings is 6. The molecule has 0 bridgehead atoms. The van der Waals surface area contributed by atoms with Crippen LogP contribution in [0.5, 0.6) is 0 Å². The minimum atomic E-state index is 0.616. The van der Waals surface area contributed by atoms with Gasteiger partial charge in [-0.05, 0) is 64.8 Å². The Morgan fingerprint density at radius 3 is 1.51 bits per heavy atom. The van der Waals surface area contributed by atoms with E-state index in [2.05, 4.69) is 121 Å². The van der Waals surface area contributed by atoms with Crippen LogP contribution in [0.4, 0.5) is 0 Å². The van der Waals surface area contributed by atoms with E-state index in [1.54, 1.807) is 0 Å². The van der Waals surface area contributed by atoms with Gasteiger partial charge in [0.25, 0.3) is 0 Å². The highest BCUT2D eigenvalue weighted by molar-refractivity contribution is 5.95. The first kappa shape index (κ1) is 30.3. The zero-order chi connectivity index (χ0) is 34.9. The molecule has 0 saturated heterocycles. The monoisotopic (exact) mass is 681 g/mol. The molecule has 0 radical (unpaired) electrons. The third-order valence-electron chi connectivity index (χ3n) is 12.1. The maximum atomic E-state index is 5.16. The number of hydrogen-bond donors (Lipinski definition) is 0. The zero-order valence-electron chi connectivity index (χ0n) is 29.0. The van der Waals surface area contributed by atoms with Crippen molar-refractivity contribution < 1.29 is 0 Å². The molecule has 53 heavy (non-hydrogen) atoms. The molecule has 0 amide bonds. The number of nitrogens with zero attached hydrogens (tertiary/aromatic N) is 5. The van der Waals surface area contributed by atoms with Gasteiger partial charge in [0.05, 0.1) is 11.4 Å². The molecule has 11 rings (SSSR count). The second-order valence-corrected chi connectivity index (χ2v) is 14.9. The van der Waals surface area contributed by atoms with E-state index in [0.717, 1.165) is 85.1 Å². The SMILES string of the molecule is c1ccc(-c2cc(-c3ccc(C4C5CC6CC4C65)cc3)nc(-c3ccc(-c4nc(-c5ccccc5)nc(-c5cccc6ccccc56)n4)cc3)n2)cc1. The summed E-state index contributed by atoms with van der Waals surface area (Å²) in [5.74, 6) is 7.27. The lowest BCUT2D eigenvalue weighted by Gasteiger charge is -2.73. The smallest absolute Gasteiger partial charge is 0.164 e. The summed E-state index contributed by atoms with van der Waals surface area (Å²) >= 11 is 0. The minimum absolute atomic E-state index is 0.616. The number of aromatic nitrogens is 5. The van der Waals surface area contributed by atoms with Gasteiger partial charge in [-0.3, -0.25) is 0 Å². The summed E-state index contributed by atoms with van der Waals surface area (Å²) in [5.41, 5.74) is 9.25. The largest absolute Gasteiger partial charge is 0.228 e. The number of fused-ring (bicyclic) bond motifs is 1. The second kappa shape index (κ2) is 12.1. The van der Waals surface area contributed by atoms with Gasteiger partial charge in [-0.25, -0.2) is 24.9 Å². The van der Waals surface area contributed by atoms with Gasteiger partial charge in [0.1, 0.15) is 0 Å². The molecule has 3 saturated carbocycles. The van der Waals surface area contributed by atoms with E-state index in [1.165, 1.54) is 18.4 Å². The van der Waals surface area contributed by atoms with Gasteiger partial charge >= 0.3 is 0 Å². The fourth-order valence-corrected chi connectivity index (χ4v) is 9.38. The van der Waals surface area contributed by atoms with Crippen LogP contribution >= 0.6 is 0 Å². The number of rotatable bonds is 7. The van der Waals surface area contributed by atoms with Gasteiger partial charge in [0.15, 0.2) is 23.3 Å². The Morgan fingerprint density at radius 2 is 0.887 bits per heavy atom. The van der Waals surface area contributed by atoms with Crippen molar-refractivity contribution in [1.82, 2.24) is 24.9 Å². The molecule has 8 aromatic rings. The van der Waals surface area contributed by atoms with Crippen LogP contribution in [0.3, 0.4) is 0 Å². The van der Waals surface area contributed by atoms with Crippen LogP contribution in [0.1, 0.15) is 24.3 Å². The van der Waals surface area contributed by atoms with Crippen molar-refractivity contribution >= 4 is 10.8 Å². The Bertz CT molecular complexity index is 2620. The van der Waals surface area contributed by atoms with E-state index in [1.807, 2.05) is 36.4 Å². The summed E-state index contributed by atoms with van der Waals surface area (Å²) in [4.78, 5) is 25.3. The molecule has 0 aliphatic heterocycles. The normalized spacial score (nSPS) is 20.9. The maximum Gasteiger partial charge on any atom is 0.164 e. The lowest BCUT2D eigenvalue weighted by atomic mass is 9.31. The predicted molar refractivity (Wildman–Crippen MR) is 211 cm³/mol. The first-order valence-corrected chi connectivity index (χ1v) is 18.7. The minimum Gasteiger partial charge on any atom is -0.228 e. The Labute approximate surface area is 308 Å². The summed E-state index contributed by atoms with van der Waals surface area (Å²) in [5, 5.41) is 2.25. The van der Waals surface area contributed by atoms with Gasteiger partial charge in [-0.1, -0.05) is 152 Å². The molecular weight excluding hydrogens is 647 g/mol. The standard InChI is InChI=1S/C48H35N5/c1-3-11-30(12-4-1)41-28-42(31-18-20-32(21-19-31)43-39-26-36-27-40(43)44(36)39)50-45(49-41)34-22-24-35(25-23-34)47-51-46(33-13-5-2-6-14-33)52-48(53-47)38-17-9-15-29-10-7-8-16-37(29)38/h1-25,28,36,39-40,43-44H,26-27H2. The highest BCUT2D eigenvalue weighted by Crippen LogP contribution is 2.75. The molecule has 2 heterocycles. The zero-order valence-corrected chi connectivity index (χ0v) is 29.0. The summed E-state index contributed by atoms with van der Waals surface area (Å²) in [6.45, 7) is 0. The van der Waals surface area contributed by atoms with Crippen LogP contribution in [0.2, 0.25) is 0 Å². The molecule has 6 aromatic carbocycles. The van der Waals surface area contributed by atoms with E-state index in [0.29, 0.717) is 23.3 Å². The Balaban J connectivity index is 0.971. The van der Waals surface area contributed by atoms with Crippen molar-refractivity contribution in [3.63, 3.8) is 0 Å². The second-order valence-electron chi connectivity index (χ2n) is 14.9. The average Bonchev–Trinajstić information content (AvgIpc) is 3.23. The highest BCUT2D eigenvalue weighted by Gasteiger charge is 2.67. The van der Waals surface area contributed by atoms with Gasteiger partial charge in [0, 0.05) is 33.4 Å². The van der Waals surface area contributed by atoms with Gasteiger partial charge < -0.3 is 0 Å². The van der Waals surface area contributed by atoms with Crippen LogP contribution in [0.15, 0.2) is 158 Å². The number of hydrogen-bond acceptors (Lipinski definition) is 5. The molecular formula is C48H35N5. The van der Waals surface area contributed by atoms with Crippen molar-refractivity contribution in [2.24, 2.45) is 23.7 Å². The molecule has 0 N–H and O–H groups in total. The molecule has 5 heteroatoms. The fourth-order valence-electron chi connectivity index (χ4n) is 9.38. The fraction of sp³-hybridized carbons (Fsp3) is 0.146. The van der Waals surface area contributed by atoms with Crippen molar-refractivity contribution in [3.05, 3.63) is 163 Å². The highest BCUT2D eigenvalue weighted by atomic mass is 15.0. The Morgan fingerprint density at radius 1 is 0.396 bits per heavy atom.